The lowest BCUT2D eigenvalue weighted by Gasteiger charge is -2.37. The van der Waals surface area contributed by atoms with E-state index in [0.29, 0.717) is 17.5 Å². The molecule has 1 aliphatic carbocycles. The van der Waals surface area contributed by atoms with Gasteiger partial charge in [-0.2, -0.15) is 0 Å². The van der Waals surface area contributed by atoms with E-state index >= 15 is 0 Å². The third kappa shape index (κ3) is 3.83. The van der Waals surface area contributed by atoms with E-state index in [1.165, 1.54) is 31.2 Å². The van der Waals surface area contributed by atoms with Gasteiger partial charge in [0, 0.05) is 18.2 Å². The lowest BCUT2D eigenvalue weighted by atomic mass is 9.83. The molecule has 1 aromatic rings. The van der Waals surface area contributed by atoms with Crippen molar-refractivity contribution >= 4 is 5.91 Å². The number of nitrogens with two attached hydrogens (primary N) is 2. The Morgan fingerprint density at radius 1 is 1.33 bits per heavy atom. The van der Waals surface area contributed by atoms with Crippen LogP contribution in [0.1, 0.15) is 47.2 Å². The van der Waals surface area contributed by atoms with Gasteiger partial charge < -0.3 is 11.5 Å². The van der Waals surface area contributed by atoms with Gasteiger partial charge in [0.25, 0.3) is 0 Å². The van der Waals surface area contributed by atoms with Crippen molar-refractivity contribution in [3.05, 3.63) is 34.9 Å². The fraction of sp³-hybridized carbons (Fsp3) is 0.588. The summed E-state index contributed by atoms with van der Waals surface area (Å²) in [4.78, 5) is 13.6. The Morgan fingerprint density at radius 3 is 2.67 bits per heavy atom. The van der Waals surface area contributed by atoms with E-state index in [-0.39, 0.29) is 5.91 Å². The summed E-state index contributed by atoms with van der Waals surface area (Å²) < 4.78 is 0. The predicted molar refractivity (Wildman–Crippen MR) is 86.0 cm³/mol. The van der Waals surface area contributed by atoms with Crippen molar-refractivity contribution < 1.29 is 4.79 Å². The molecule has 1 aromatic carbocycles. The molecular weight excluding hydrogens is 262 g/mol. The zero-order chi connectivity index (χ0) is 15.4. The summed E-state index contributed by atoms with van der Waals surface area (Å²) >= 11 is 0. The number of carbonyl (C=O) groups is 1. The molecule has 1 saturated carbocycles. The third-order valence-electron chi connectivity index (χ3n) is 4.78. The first-order valence-electron chi connectivity index (χ1n) is 7.82. The van der Waals surface area contributed by atoms with Crippen LogP contribution in [0.4, 0.5) is 0 Å². The molecule has 116 valence electrons. The van der Waals surface area contributed by atoms with Crippen LogP contribution in [-0.2, 0) is 6.54 Å². The van der Waals surface area contributed by atoms with Crippen LogP contribution in [0.5, 0.6) is 0 Å². The summed E-state index contributed by atoms with van der Waals surface area (Å²) in [7, 11) is 2.18. The summed E-state index contributed by atoms with van der Waals surface area (Å²) in [6.07, 6.45) is 5.07. The molecule has 4 heteroatoms. The Hall–Kier alpha value is -1.39. The fourth-order valence-electron chi connectivity index (χ4n) is 3.46. The van der Waals surface area contributed by atoms with E-state index in [4.69, 9.17) is 11.5 Å². The maximum atomic E-state index is 11.2. The van der Waals surface area contributed by atoms with Crippen LogP contribution in [0.3, 0.4) is 0 Å². The molecule has 2 unspecified atom stereocenters. The summed E-state index contributed by atoms with van der Waals surface area (Å²) in [6, 6.07) is 6.29. The SMILES string of the molecule is Cc1cc(C(N)=O)ccc1CN(C)C1CCCCC1CN. The van der Waals surface area contributed by atoms with Crippen molar-refractivity contribution in [2.24, 2.45) is 17.4 Å². The maximum absolute atomic E-state index is 11.2. The van der Waals surface area contributed by atoms with Gasteiger partial charge in [-0.15, -0.1) is 0 Å². The first-order chi connectivity index (χ1) is 10.0. The summed E-state index contributed by atoms with van der Waals surface area (Å²) in [5.41, 5.74) is 14.2. The number of nitrogens with zero attached hydrogens (tertiary/aromatic N) is 1. The van der Waals surface area contributed by atoms with Gasteiger partial charge in [0.2, 0.25) is 5.91 Å². The monoisotopic (exact) mass is 289 g/mol. The number of benzene rings is 1. The topological polar surface area (TPSA) is 72.4 Å². The van der Waals surface area contributed by atoms with Crippen LogP contribution in [0.2, 0.25) is 0 Å². The molecule has 0 heterocycles. The van der Waals surface area contributed by atoms with Crippen molar-refractivity contribution in [3.63, 3.8) is 0 Å². The van der Waals surface area contributed by atoms with Crippen LogP contribution in [0, 0.1) is 12.8 Å². The Kier molecular flexibility index (Phi) is 5.37. The molecule has 0 bridgehead atoms. The van der Waals surface area contributed by atoms with Crippen molar-refractivity contribution in [2.45, 2.75) is 45.2 Å². The largest absolute Gasteiger partial charge is 0.366 e. The zero-order valence-corrected chi connectivity index (χ0v) is 13.1. The Morgan fingerprint density at radius 2 is 2.05 bits per heavy atom. The van der Waals surface area contributed by atoms with Crippen LogP contribution >= 0.6 is 0 Å². The van der Waals surface area contributed by atoms with Crippen LogP contribution in [0.15, 0.2) is 18.2 Å². The van der Waals surface area contributed by atoms with Crippen LogP contribution in [-0.4, -0.2) is 30.4 Å². The molecular formula is C17H27N3O. The highest BCUT2D eigenvalue weighted by atomic mass is 16.1. The van der Waals surface area contributed by atoms with Gasteiger partial charge in [-0.05, 0) is 62.5 Å². The van der Waals surface area contributed by atoms with Gasteiger partial charge in [-0.1, -0.05) is 18.9 Å². The number of hydrogen-bond donors (Lipinski definition) is 2. The molecule has 1 amide bonds. The van der Waals surface area contributed by atoms with Crippen molar-refractivity contribution in [3.8, 4) is 0 Å². The molecule has 1 fully saturated rings. The molecule has 2 atom stereocenters. The van der Waals surface area contributed by atoms with Gasteiger partial charge in [-0.25, -0.2) is 0 Å². The normalized spacial score (nSPS) is 22.5. The van der Waals surface area contributed by atoms with E-state index in [9.17, 15) is 4.79 Å². The number of aryl methyl sites for hydroxylation is 1. The summed E-state index contributed by atoms with van der Waals surface area (Å²) in [6.45, 7) is 3.71. The second-order valence-electron chi connectivity index (χ2n) is 6.27. The first-order valence-corrected chi connectivity index (χ1v) is 7.82. The minimum atomic E-state index is -0.367. The minimum absolute atomic E-state index is 0.367. The zero-order valence-electron chi connectivity index (χ0n) is 13.1. The fourth-order valence-corrected chi connectivity index (χ4v) is 3.46. The highest BCUT2D eigenvalue weighted by molar-refractivity contribution is 5.93. The van der Waals surface area contributed by atoms with E-state index in [0.717, 1.165) is 18.7 Å². The highest BCUT2D eigenvalue weighted by Crippen LogP contribution is 2.28. The molecule has 0 spiro atoms. The Labute approximate surface area is 127 Å². The standard InChI is InChI=1S/C17H27N3O/c1-12-9-13(17(19)21)7-8-15(12)11-20(2)16-6-4-3-5-14(16)10-18/h7-9,14,16H,3-6,10-11,18H2,1-2H3,(H2,19,21). The Balaban J connectivity index is 2.08. The Bertz CT molecular complexity index is 501. The second kappa shape index (κ2) is 7.05. The summed E-state index contributed by atoms with van der Waals surface area (Å²) in [5, 5.41) is 0. The lowest BCUT2D eigenvalue weighted by Crippen LogP contribution is -2.42. The molecule has 4 nitrogen and oxygen atoms in total. The molecule has 2 rings (SSSR count). The molecule has 21 heavy (non-hydrogen) atoms. The average Bonchev–Trinajstić information content (AvgIpc) is 2.48. The number of hydrogen-bond acceptors (Lipinski definition) is 3. The van der Waals surface area contributed by atoms with Crippen molar-refractivity contribution in [1.29, 1.82) is 0 Å². The van der Waals surface area contributed by atoms with Gasteiger partial charge >= 0.3 is 0 Å². The van der Waals surface area contributed by atoms with Gasteiger partial charge in [0.15, 0.2) is 0 Å². The van der Waals surface area contributed by atoms with E-state index in [1.807, 2.05) is 25.1 Å². The number of carbonyl (C=O) groups excluding carboxylic acids is 1. The maximum Gasteiger partial charge on any atom is 0.248 e. The smallest absolute Gasteiger partial charge is 0.248 e. The van der Waals surface area contributed by atoms with Gasteiger partial charge in [0.1, 0.15) is 0 Å². The van der Waals surface area contributed by atoms with Gasteiger partial charge in [0.05, 0.1) is 0 Å². The van der Waals surface area contributed by atoms with Crippen LogP contribution in [0.25, 0.3) is 0 Å². The van der Waals surface area contributed by atoms with E-state index < -0.39 is 0 Å². The van der Waals surface area contributed by atoms with Crippen molar-refractivity contribution in [2.75, 3.05) is 13.6 Å². The number of primary amides is 1. The lowest BCUT2D eigenvalue weighted by molar-refractivity contribution is 0.1000. The molecule has 0 radical (unpaired) electrons. The predicted octanol–water partition coefficient (Wildman–Crippen LogP) is 2.04. The van der Waals surface area contributed by atoms with E-state index in [2.05, 4.69) is 11.9 Å². The molecule has 0 aliphatic heterocycles. The third-order valence-corrected chi connectivity index (χ3v) is 4.78. The molecule has 0 saturated heterocycles. The quantitative estimate of drug-likeness (QED) is 0.871. The van der Waals surface area contributed by atoms with Gasteiger partial charge in [-0.3, -0.25) is 9.69 Å². The summed E-state index contributed by atoms with van der Waals surface area (Å²) in [5.74, 6) is 0.238. The van der Waals surface area contributed by atoms with Crippen LogP contribution < -0.4 is 11.5 Å². The average molecular weight is 289 g/mol. The highest BCUT2D eigenvalue weighted by Gasteiger charge is 2.27. The number of rotatable bonds is 5. The number of amides is 1. The molecule has 4 N–H and O–H groups in total. The molecule has 1 aliphatic rings. The molecule has 0 aromatic heterocycles. The van der Waals surface area contributed by atoms with Crippen molar-refractivity contribution in [1.82, 2.24) is 4.90 Å². The first kappa shape index (κ1) is 16.0. The van der Waals surface area contributed by atoms with E-state index in [1.54, 1.807) is 0 Å². The minimum Gasteiger partial charge on any atom is -0.366 e. The second-order valence-corrected chi connectivity index (χ2v) is 6.27.